The molecule has 3 aromatic rings. The Hall–Kier alpha value is -3.17. The molecule has 0 saturated carbocycles. The van der Waals surface area contributed by atoms with E-state index in [-0.39, 0.29) is 18.3 Å². The molecule has 2 atom stereocenters. The molecule has 5 N–H and O–H groups in total. The molecule has 29 heavy (non-hydrogen) atoms. The summed E-state index contributed by atoms with van der Waals surface area (Å²) in [5.74, 6) is 0.487. The highest BCUT2D eigenvalue weighted by molar-refractivity contribution is 5.93. The maximum atomic E-state index is 12.6. The van der Waals surface area contributed by atoms with Gasteiger partial charge in [0.2, 0.25) is 5.88 Å². The second-order valence-electron chi connectivity index (χ2n) is 6.99. The standard InChI is InChI=1S/C20H25N5O4/c1-11(2)18(27)17(12-7-5-4-6-8-12)23-20(28)22-15-9-13-16(14(10-26)21-15)19(29-3)25-24-13/h4-9,11,17-18,26-27H,10H2,1-3H3,(H,24,25)(H2,21,22,23,28)/t17-,18-/m0/s1. The largest absolute Gasteiger partial charge is 0.479 e. The van der Waals surface area contributed by atoms with E-state index >= 15 is 0 Å². The lowest BCUT2D eigenvalue weighted by atomic mass is 9.94. The van der Waals surface area contributed by atoms with E-state index in [1.807, 2.05) is 44.2 Å². The second-order valence-corrected chi connectivity index (χ2v) is 6.99. The number of aliphatic hydroxyl groups excluding tert-OH is 2. The summed E-state index contributed by atoms with van der Waals surface area (Å²) in [6.07, 6.45) is -0.775. The number of anilines is 1. The predicted molar refractivity (Wildman–Crippen MR) is 109 cm³/mol. The highest BCUT2D eigenvalue weighted by atomic mass is 16.5. The number of benzene rings is 1. The molecule has 2 amide bonds. The number of urea groups is 1. The van der Waals surface area contributed by atoms with Crippen LogP contribution in [-0.2, 0) is 6.61 Å². The van der Waals surface area contributed by atoms with Gasteiger partial charge in [-0.1, -0.05) is 44.2 Å². The third-order valence-electron chi connectivity index (χ3n) is 4.64. The Kier molecular flexibility index (Phi) is 6.30. The number of aliphatic hydroxyl groups is 2. The van der Waals surface area contributed by atoms with Crippen molar-refractivity contribution in [2.75, 3.05) is 12.4 Å². The van der Waals surface area contributed by atoms with Gasteiger partial charge >= 0.3 is 6.03 Å². The zero-order chi connectivity index (χ0) is 21.0. The van der Waals surface area contributed by atoms with E-state index in [1.54, 1.807) is 6.07 Å². The van der Waals surface area contributed by atoms with Crippen molar-refractivity contribution in [1.29, 1.82) is 0 Å². The van der Waals surface area contributed by atoms with Crippen LogP contribution in [0, 0.1) is 5.92 Å². The van der Waals surface area contributed by atoms with Crippen molar-refractivity contribution in [3.8, 4) is 5.88 Å². The summed E-state index contributed by atoms with van der Waals surface area (Å²) < 4.78 is 5.16. The summed E-state index contributed by atoms with van der Waals surface area (Å²) in [7, 11) is 1.47. The molecule has 2 aromatic heterocycles. The number of hydrogen-bond acceptors (Lipinski definition) is 6. The number of aromatic amines is 1. The lowest BCUT2D eigenvalue weighted by Gasteiger charge is -2.27. The van der Waals surface area contributed by atoms with Crippen molar-refractivity contribution in [2.24, 2.45) is 5.92 Å². The molecule has 2 heterocycles. The van der Waals surface area contributed by atoms with E-state index in [0.29, 0.717) is 22.5 Å². The van der Waals surface area contributed by atoms with Gasteiger partial charge in [0.25, 0.3) is 0 Å². The number of aromatic nitrogens is 3. The minimum atomic E-state index is -0.775. The smallest absolute Gasteiger partial charge is 0.320 e. The number of carbonyl (C=O) groups is 1. The zero-order valence-electron chi connectivity index (χ0n) is 16.5. The van der Waals surface area contributed by atoms with Crippen molar-refractivity contribution < 1.29 is 19.7 Å². The molecule has 3 rings (SSSR count). The fourth-order valence-electron chi connectivity index (χ4n) is 3.12. The molecule has 154 valence electrons. The fraction of sp³-hybridized carbons (Fsp3) is 0.350. The number of nitrogens with one attached hydrogen (secondary N) is 3. The Balaban J connectivity index is 1.83. The Morgan fingerprint density at radius 2 is 2.00 bits per heavy atom. The van der Waals surface area contributed by atoms with E-state index in [0.717, 1.165) is 5.56 Å². The van der Waals surface area contributed by atoms with Gasteiger partial charge < -0.3 is 20.3 Å². The lowest BCUT2D eigenvalue weighted by molar-refractivity contribution is 0.0870. The quantitative estimate of drug-likeness (QED) is 0.414. The molecule has 1 aromatic carbocycles. The average molecular weight is 399 g/mol. The van der Waals surface area contributed by atoms with E-state index in [1.165, 1.54) is 7.11 Å². The van der Waals surface area contributed by atoms with Crippen LogP contribution in [0.25, 0.3) is 10.9 Å². The first-order valence-electron chi connectivity index (χ1n) is 9.28. The van der Waals surface area contributed by atoms with E-state index in [9.17, 15) is 15.0 Å². The van der Waals surface area contributed by atoms with Crippen LogP contribution >= 0.6 is 0 Å². The maximum absolute atomic E-state index is 12.6. The van der Waals surface area contributed by atoms with Crippen molar-refractivity contribution in [3.63, 3.8) is 0 Å². The van der Waals surface area contributed by atoms with Crippen molar-refractivity contribution in [3.05, 3.63) is 47.7 Å². The van der Waals surface area contributed by atoms with Gasteiger partial charge in [0.05, 0.1) is 42.5 Å². The Morgan fingerprint density at radius 1 is 1.28 bits per heavy atom. The van der Waals surface area contributed by atoms with Crippen molar-refractivity contribution in [1.82, 2.24) is 20.5 Å². The van der Waals surface area contributed by atoms with Gasteiger partial charge in [0.15, 0.2) is 0 Å². The number of methoxy groups -OCH3 is 1. The van der Waals surface area contributed by atoms with E-state index in [4.69, 9.17) is 4.74 Å². The molecular weight excluding hydrogens is 374 g/mol. The molecule has 0 saturated heterocycles. The molecule has 0 aliphatic carbocycles. The fourth-order valence-corrected chi connectivity index (χ4v) is 3.12. The summed E-state index contributed by atoms with van der Waals surface area (Å²) >= 11 is 0. The number of hydrogen-bond donors (Lipinski definition) is 5. The number of carbonyl (C=O) groups excluding carboxylic acids is 1. The molecule has 0 bridgehead atoms. The molecule has 0 aliphatic heterocycles. The third kappa shape index (κ3) is 4.47. The van der Waals surface area contributed by atoms with Crippen LogP contribution in [0.4, 0.5) is 10.6 Å². The second kappa shape index (κ2) is 8.89. The first-order valence-corrected chi connectivity index (χ1v) is 9.28. The van der Waals surface area contributed by atoms with Crippen LogP contribution in [-0.4, -0.2) is 44.6 Å². The van der Waals surface area contributed by atoms with Crippen molar-refractivity contribution >= 4 is 22.8 Å². The number of amides is 2. The van der Waals surface area contributed by atoms with E-state index in [2.05, 4.69) is 25.8 Å². The van der Waals surface area contributed by atoms with Crippen LogP contribution in [0.2, 0.25) is 0 Å². The number of nitrogens with zero attached hydrogens (tertiary/aromatic N) is 2. The van der Waals surface area contributed by atoms with Gasteiger partial charge in [0, 0.05) is 6.07 Å². The van der Waals surface area contributed by atoms with Crippen molar-refractivity contribution in [2.45, 2.75) is 32.6 Å². The van der Waals surface area contributed by atoms with Crippen LogP contribution < -0.4 is 15.4 Å². The SMILES string of the molecule is COc1n[nH]c2cc(NC(=O)N[C@@H](c3ccccc3)[C@@H](O)C(C)C)nc(CO)c12. The van der Waals surface area contributed by atoms with Gasteiger partial charge in [-0.3, -0.25) is 10.4 Å². The lowest BCUT2D eigenvalue weighted by Crippen LogP contribution is -2.41. The minimum absolute atomic E-state index is 0.0616. The van der Waals surface area contributed by atoms with E-state index < -0.39 is 18.2 Å². The third-order valence-corrected chi connectivity index (χ3v) is 4.64. The van der Waals surface area contributed by atoms with Crippen LogP contribution in [0.5, 0.6) is 5.88 Å². The number of fused-ring (bicyclic) bond motifs is 1. The summed E-state index contributed by atoms with van der Waals surface area (Å²) in [5, 5.41) is 33.1. The summed E-state index contributed by atoms with van der Waals surface area (Å²) in [6, 6.07) is 9.75. The highest BCUT2D eigenvalue weighted by Gasteiger charge is 2.26. The Labute approximate surface area is 168 Å². The Morgan fingerprint density at radius 3 is 2.62 bits per heavy atom. The normalized spacial score (nSPS) is 13.3. The highest BCUT2D eigenvalue weighted by Crippen LogP contribution is 2.28. The molecule has 0 unspecified atom stereocenters. The van der Waals surface area contributed by atoms with Crippen LogP contribution in [0.1, 0.15) is 31.1 Å². The van der Waals surface area contributed by atoms with Gasteiger partial charge in [-0.2, -0.15) is 0 Å². The van der Waals surface area contributed by atoms with Gasteiger partial charge in [0.1, 0.15) is 5.82 Å². The zero-order valence-corrected chi connectivity index (χ0v) is 16.5. The monoisotopic (exact) mass is 399 g/mol. The topological polar surface area (TPSA) is 132 Å². The first kappa shape index (κ1) is 20.6. The molecular formula is C20H25N5O4. The number of rotatable bonds is 7. The van der Waals surface area contributed by atoms with Crippen LogP contribution in [0.15, 0.2) is 36.4 Å². The van der Waals surface area contributed by atoms with Gasteiger partial charge in [-0.25, -0.2) is 9.78 Å². The summed E-state index contributed by atoms with van der Waals surface area (Å²) in [5.41, 5.74) is 1.69. The summed E-state index contributed by atoms with van der Waals surface area (Å²) in [6.45, 7) is 3.42. The first-order chi connectivity index (χ1) is 13.9. The molecule has 0 aliphatic rings. The molecule has 0 radical (unpaired) electrons. The van der Waals surface area contributed by atoms with Gasteiger partial charge in [-0.15, -0.1) is 5.10 Å². The average Bonchev–Trinajstić information content (AvgIpc) is 3.14. The number of ether oxygens (including phenoxy) is 1. The molecule has 9 heteroatoms. The molecule has 0 spiro atoms. The van der Waals surface area contributed by atoms with Gasteiger partial charge in [-0.05, 0) is 11.5 Å². The number of pyridine rings is 1. The maximum Gasteiger partial charge on any atom is 0.320 e. The molecule has 9 nitrogen and oxygen atoms in total. The Bertz CT molecular complexity index is 974. The molecule has 0 fully saturated rings. The van der Waals surface area contributed by atoms with Crippen LogP contribution in [0.3, 0.4) is 0 Å². The minimum Gasteiger partial charge on any atom is -0.479 e. The number of H-pyrrole nitrogens is 1. The summed E-state index contributed by atoms with van der Waals surface area (Å²) in [4.78, 5) is 16.9. The predicted octanol–water partition coefficient (Wildman–Crippen LogP) is 2.34.